The lowest BCUT2D eigenvalue weighted by Crippen LogP contribution is -2.14. The monoisotopic (exact) mass is 373 g/mol. The van der Waals surface area contributed by atoms with Gasteiger partial charge < -0.3 is 20.8 Å². The lowest BCUT2D eigenvalue weighted by Gasteiger charge is -2.10. The Hall–Kier alpha value is -3.94. The summed E-state index contributed by atoms with van der Waals surface area (Å²) in [7, 11) is 0. The number of nitrogens with one attached hydrogen (secondary N) is 2. The fourth-order valence-corrected chi connectivity index (χ4v) is 2.86. The smallest absolute Gasteiger partial charge is 0.275 e. The van der Waals surface area contributed by atoms with Crippen LogP contribution in [0.1, 0.15) is 21.7 Å². The second-order valence-electron chi connectivity index (χ2n) is 6.36. The maximum absolute atomic E-state index is 12.6. The van der Waals surface area contributed by atoms with Gasteiger partial charge in [0.1, 0.15) is 11.5 Å². The Kier molecular flexibility index (Phi) is 4.59. The van der Waals surface area contributed by atoms with Gasteiger partial charge in [-0.1, -0.05) is 12.1 Å². The molecule has 140 valence electrons. The molecule has 4 aromatic rings. The molecule has 0 radical (unpaired) electrons. The van der Waals surface area contributed by atoms with Gasteiger partial charge >= 0.3 is 0 Å². The molecule has 28 heavy (non-hydrogen) atoms. The van der Waals surface area contributed by atoms with Crippen LogP contribution in [0.25, 0.3) is 5.65 Å². The average molecular weight is 373 g/mol. The number of aromatic nitrogens is 4. The summed E-state index contributed by atoms with van der Waals surface area (Å²) in [5, 5.41) is 6.12. The van der Waals surface area contributed by atoms with Crippen molar-refractivity contribution in [1.29, 1.82) is 0 Å². The summed E-state index contributed by atoms with van der Waals surface area (Å²) in [6.07, 6.45) is 6.75. The number of nitrogens with zero attached hydrogens (tertiary/aromatic N) is 4. The minimum Gasteiger partial charge on any atom is -0.382 e. The molecule has 0 saturated carbocycles. The van der Waals surface area contributed by atoms with E-state index in [2.05, 4.69) is 25.6 Å². The van der Waals surface area contributed by atoms with Crippen LogP contribution in [0.5, 0.6) is 0 Å². The molecule has 0 spiro atoms. The quantitative estimate of drug-likeness (QED) is 0.496. The first-order valence-corrected chi connectivity index (χ1v) is 8.74. The van der Waals surface area contributed by atoms with Crippen molar-refractivity contribution in [2.75, 3.05) is 16.4 Å². The molecule has 3 aromatic heterocycles. The molecule has 0 aliphatic heterocycles. The molecule has 0 unspecified atom stereocenters. The molecule has 4 N–H and O–H groups in total. The average Bonchev–Trinajstić information content (AvgIpc) is 3.07. The van der Waals surface area contributed by atoms with Crippen molar-refractivity contribution in [3.8, 4) is 0 Å². The van der Waals surface area contributed by atoms with Gasteiger partial charge in [-0.15, -0.1) is 0 Å². The maximum Gasteiger partial charge on any atom is 0.275 e. The first-order chi connectivity index (χ1) is 13.6. The highest BCUT2D eigenvalue weighted by Gasteiger charge is 2.10. The highest BCUT2D eigenvalue weighted by atomic mass is 16.1. The van der Waals surface area contributed by atoms with Crippen molar-refractivity contribution < 1.29 is 4.79 Å². The molecule has 0 bridgehead atoms. The van der Waals surface area contributed by atoms with Crippen LogP contribution in [-0.2, 0) is 6.54 Å². The standard InChI is InChI=1S/C20H19N7O/c1-13-11-27-12-17(24-10-18(27)25-13)20(28)26-15-5-2-4-14(8-15)9-23-16-6-3-7-22-19(16)21/h2-8,10-12,23H,9H2,1H3,(H2,21,22)(H,26,28). The molecule has 0 atom stereocenters. The number of anilines is 3. The molecule has 4 rings (SSSR count). The van der Waals surface area contributed by atoms with E-state index >= 15 is 0 Å². The molecule has 0 fully saturated rings. The number of carbonyl (C=O) groups is 1. The Bertz CT molecular complexity index is 1150. The van der Waals surface area contributed by atoms with E-state index in [1.165, 1.54) is 0 Å². The molecule has 1 aromatic carbocycles. The van der Waals surface area contributed by atoms with Crippen LogP contribution in [0.4, 0.5) is 17.2 Å². The van der Waals surface area contributed by atoms with Gasteiger partial charge in [0, 0.05) is 30.8 Å². The van der Waals surface area contributed by atoms with E-state index in [0.717, 1.165) is 16.9 Å². The number of carbonyl (C=O) groups excluding carboxylic acids is 1. The van der Waals surface area contributed by atoms with E-state index in [9.17, 15) is 4.79 Å². The SMILES string of the molecule is Cc1cn2cc(C(=O)Nc3cccc(CNc4cccnc4N)c3)ncc2n1. The first kappa shape index (κ1) is 17.5. The van der Waals surface area contributed by atoms with Gasteiger partial charge in [0.05, 0.1) is 17.6 Å². The number of rotatable bonds is 5. The van der Waals surface area contributed by atoms with Crippen molar-refractivity contribution in [3.63, 3.8) is 0 Å². The third-order valence-corrected chi connectivity index (χ3v) is 4.20. The van der Waals surface area contributed by atoms with Crippen LogP contribution >= 0.6 is 0 Å². The zero-order valence-electron chi connectivity index (χ0n) is 15.3. The molecular formula is C20H19N7O. The number of nitrogens with two attached hydrogens (primary N) is 1. The van der Waals surface area contributed by atoms with E-state index in [-0.39, 0.29) is 5.91 Å². The van der Waals surface area contributed by atoms with Crippen molar-refractivity contribution in [1.82, 2.24) is 19.4 Å². The third-order valence-electron chi connectivity index (χ3n) is 4.20. The summed E-state index contributed by atoms with van der Waals surface area (Å²) < 4.78 is 1.79. The fourth-order valence-electron chi connectivity index (χ4n) is 2.86. The molecule has 0 aliphatic carbocycles. The van der Waals surface area contributed by atoms with Crippen LogP contribution in [0.2, 0.25) is 0 Å². The zero-order chi connectivity index (χ0) is 19.5. The van der Waals surface area contributed by atoms with Gasteiger partial charge in [0.2, 0.25) is 0 Å². The fraction of sp³-hybridized carbons (Fsp3) is 0.100. The van der Waals surface area contributed by atoms with Crippen LogP contribution in [0.15, 0.2) is 61.2 Å². The Morgan fingerprint density at radius 2 is 2.07 bits per heavy atom. The van der Waals surface area contributed by atoms with Crippen LogP contribution in [0, 0.1) is 6.92 Å². The molecule has 8 heteroatoms. The van der Waals surface area contributed by atoms with E-state index in [1.54, 1.807) is 23.0 Å². The normalized spacial score (nSPS) is 10.8. The minimum absolute atomic E-state index is 0.283. The first-order valence-electron chi connectivity index (χ1n) is 8.74. The third kappa shape index (κ3) is 3.75. The highest BCUT2D eigenvalue weighted by Crippen LogP contribution is 2.17. The predicted octanol–water partition coefficient (Wildman–Crippen LogP) is 2.88. The summed E-state index contributed by atoms with van der Waals surface area (Å²) in [4.78, 5) is 25.1. The number of nitrogen functional groups attached to an aromatic ring is 1. The number of hydrogen-bond acceptors (Lipinski definition) is 6. The summed E-state index contributed by atoms with van der Waals surface area (Å²) in [5.74, 6) is 0.165. The maximum atomic E-state index is 12.6. The lowest BCUT2D eigenvalue weighted by atomic mass is 10.2. The number of hydrogen-bond donors (Lipinski definition) is 3. The van der Waals surface area contributed by atoms with E-state index in [1.807, 2.05) is 49.5 Å². The number of pyridine rings is 1. The second kappa shape index (κ2) is 7.36. The minimum atomic E-state index is -0.283. The summed E-state index contributed by atoms with van der Waals surface area (Å²) >= 11 is 0. The van der Waals surface area contributed by atoms with Crippen LogP contribution < -0.4 is 16.4 Å². The summed E-state index contributed by atoms with van der Waals surface area (Å²) in [6, 6.07) is 11.3. The molecule has 8 nitrogen and oxygen atoms in total. The number of benzene rings is 1. The second-order valence-corrected chi connectivity index (χ2v) is 6.36. The van der Waals surface area contributed by atoms with Crippen LogP contribution in [-0.4, -0.2) is 25.3 Å². The Labute approximate surface area is 161 Å². The van der Waals surface area contributed by atoms with Gasteiger partial charge in [0.25, 0.3) is 5.91 Å². The van der Waals surface area contributed by atoms with Crippen molar-refractivity contribution >= 4 is 28.7 Å². The number of aryl methyl sites for hydroxylation is 1. The van der Waals surface area contributed by atoms with E-state index in [4.69, 9.17) is 5.73 Å². The van der Waals surface area contributed by atoms with Gasteiger partial charge in [-0.3, -0.25) is 4.79 Å². The van der Waals surface area contributed by atoms with Gasteiger partial charge in [-0.2, -0.15) is 0 Å². The zero-order valence-corrected chi connectivity index (χ0v) is 15.3. The summed E-state index contributed by atoms with van der Waals surface area (Å²) in [5.41, 5.74) is 10.2. The molecule has 0 saturated heterocycles. The molecule has 0 aliphatic rings. The van der Waals surface area contributed by atoms with Crippen molar-refractivity contribution in [2.24, 2.45) is 0 Å². The largest absolute Gasteiger partial charge is 0.382 e. The number of imidazole rings is 1. The Balaban J connectivity index is 1.46. The van der Waals surface area contributed by atoms with Gasteiger partial charge in [-0.05, 0) is 36.8 Å². The Morgan fingerprint density at radius 3 is 2.93 bits per heavy atom. The van der Waals surface area contributed by atoms with E-state index in [0.29, 0.717) is 29.4 Å². The van der Waals surface area contributed by atoms with Crippen molar-refractivity contribution in [2.45, 2.75) is 13.5 Å². The Morgan fingerprint density at radius 1 is 1.18 bits per heavy atom. The molecular weight excluding hydrogens is 354 g/mol. The summed E-state index contributed by atoms with van der Waals surface area (Å²) in [6.45, 7) is 2.45. The molecule has 3 heterocycles. The number of amides is 1. The van der Waals surface area contributed by atoms with Crippen molar-refractivity contribution in [3.05, 3.63) is 78.1 Å². The topological polar surface area (TPSA) is 110 Å². The molecule has 1 amide bonds. The van der Waals surface area contributed by atoms with Gasteiger partial charge in [-0.25, -0.2) is 15.0 Å². The van der Waals surface area contributed by atoms with E-state index < -0.39 is 0 Å². The highest BCUT2D eigenvalue weighted by molar-refractivity contribution is 6.02. The number of fused-ring (bicyclic) bond motifs is 1. The van der Waals surface area contributed by atoms with Crippen LogP contribution in [0.3, 0.4) is 0 Å². The van der Waals surface area contributed by atoms with Gasteiger partial charge in [0.15, 0.2) is 5.65 Å². The predicted molar refractivity (Wildman–Crippen MR) is 108 cm³/mol. The lowest BCUT2D eigenvalue weighted by molar-refractivity contribution is 0.102.